The lowest BCUT2D eigenvalue weighted by molar-refractivity contribution is 0.561. The Hall–Kier alpha value is 0.380. The monoisotopic (exact) mass is 329 g/mol. The van der Waals surface area contributed by atoms with Crippen molar-refractivity contribution < 1.29 is 8.42 Å². The van der Waals surface area contributed by atoms with Gasteiger partial charge in [0.25, 0.3) is 10.0 Å². The van der Waals surface area contributed by atoms with Crippen molar-refractivity contribution in [3.63, 3.8) is 0 Å². The summed E-state index contributed by atoms with van der Waals surface area (Å²) in [5.41, 5.74) is -0.399. The van der Waals surface area contributed by atoms with Crippen LogP contribution in [0.5, 0.6) is 0 Å². The van der Waals surface area contributed by atoms with Crippen LogP contribution in [0.25, 0.3) is 0 Å². The van der Waals surface area contributed by atoms with Gasteiger partial charge in [-0.3, -0.25) is 0 Å². The van der Waals surface area contributed by atoms with Gasteiger partial charge in [0, 0.05) is 15.9 Å². The molecule has 1 aromatic heterocycles. The predicted octanol–water partition coefficient (Wildman–Crippen LogP) is 2.56. The normalized spacial score (nSPS) is 19.1. The second kappa shape index (κ2) is 4.00. The molecule has 0 amide bonds. The van der Waals surface area contributed by atoms with Gasteiger partial charge in [-0.15, -0.1) is 22.9 Å². The molecule has 0 atom stereocenters. The Kier molecular flexibility index (Phi) is 3.16. The van der Waals surface area contributed by atoms with Crippen molar-refractivity contribution in [3.8, 4) is 0 Å². The molecule has 0 spiro atoms. The van der Waals surface area contributed by atoms with E-state index in [2.05, 4.69) is 20.7 Å². The summed E-state index contributed by atoms with van der Waals surface area (Å²) < 4.78 is 27.5. The first kappa shape index (κ1) is 11.9. The lowest BCUT2D eigenvalue weighted by Gasteiger charge is -2.13. The second-order valence-electron chi connectivity index (χ2n) is 3.58. The van der Waals surface area contributed by atoms with E-state index in [1.54, 1.807) is 11.4 Å². The molecule has 1 heterocycles. The van der Waals surface area contributed by atoms with Crippen molar-refractivity contribution in [2.45, 2.75) is 22.6 Å². The predicted molar refractivity (Wildman–Crippen MR) is 65.0 cm³/mol. The number of halogens is 2. The zero-order valence-corrected chi connectivity index (χ0v) is 11.6. The summed E-state index contributed by atoms with van der Waals surface area (Å²) in [6, 6.07) is 1.72. The fourth-order valence-corrected chi connectivity index (χ4v) is 5.43. The molecule has 1 aliphatic carbocycles. The fraction of sp³-hybridized carbons (Fsp3) is 0.500. The van der Waals surface area contributed by atoms with E-state index in [1.165, 1.54) is 11.3 Å². The minimum atomic E-state index is -3.42. The zero-order chi connectivity index (χ0) is 11.1. The van der Waals surface area contributed by atoms with Crippen LogP contribution in [0.4, 0.5) is 0 Å². The van der Waals surface area contributed by atoms with Crippen LogP contribution in [0, 0.1) is 0 Å². The van der Waals surface area contributed by atoms with Crippen LogP contribution in [-0.4, -0.2) is 19.8 Å². The van der Waals surface area contributed by atoms with Crippen LogP contribution in [-0.2, 0) is 10.0 Å². The number of sulfonamides is 1. The van der Waals surface area contributed by atoms with E-state index in [4.69, 9.17) is 11.6 Å². The van der Waals surface area contributed by atoms with Gasteiger partial charge in [0.2, 0.25) is 0 Å². The number of nitrogens with one attached hydrogen (secondary N) is 1. The molecule has 15 heavy (non-hydrogen) atoms. The highest BCUT2D eigenvalue weighted by Gasteiger charge is 2.45. The van der Waals surface area contributed by atoms with Crippen LogP contribution in [0.3, 0.4) is 0 Å². The number of hydrogen-bond acceptors (Lipinski definition) is 3. The summed E-state index contributed by atoms with van der Waals surface area (Å²) in [7, 11) is -3.42. The van der Waals surface area contributed by atoms with Crippen molar-refractivity contribution in [1.29, 1.82) is 0 Å². The lowest BCUT2D eigenvalue weighted by Crippen LogP contribution is -2.37. The van der Waals surface area contributed by atoms with Crippen LogP contribution in [0.1, 0.15) is 12.8 Å². The number of thiophene rings is 1. The summed E-state index contributed by atoms with van der Waals surface area (Å²) in [4.78, 5) is 0. The summed E-state index contributed by atoms with van der Waals surface area (Å²) in [5.74, 6) is 0.329. The van der Waals surface area contributed by atoms with Crippen molar-refractivity contribution in [1.82, 2.24) is 4.72 Å². The summed E-state index contributed by atoms with van der Waals surface area (Å²) in [6.07, 6.45) is 1.64. The smallest absolute Gasteiger partial charge is 0.206 e. The molecule has 84 valence electrons. The van der Waals surface area contributed by atoms with Crippen molar-refractivity contribution in [2.24, 2.45) is 0 Å². The highest BCUT2D eigenvalue weighted by molar-refractivity contribution is 9.10. The summed E-state index contributed by atoms with van der Waals surface area (Å²) >= 11 is 10.1. The minimum absolute atomic E-state index is 0.318. The van der Waals surface area contributed by atoms with E-state index in [0.29, 0.717) is 14.6 Å². The quantitative estimate of drug-likeness (QED) is 0.863. The summed E-state index contributed by atoms with van der Waals surface area (Å²) in [5, 5.41) is 1.74. The van der Waals surface area contributed by atoms with Gasteiger partial charge in [-0.05, 0) is 40.2 Å². The van der Waals surface area contributed by atoms with E-state index < -0.39 is 15.6 Å². The molecule has 0 radical (unpaired) electrons. The van der Waals surface area contributed by atoms with E-state index in [-0.39, 0.29) is 0 Å². The molecule has 0 aliphatic heterocycles. The molecule has 1 N–H and O–H groups in total. The topological polar surface area (TPSA) is 46.2 Å². The standard InChI is InChI=1S/C8H9BrClNO2S2/c9-6-1-4-14-7(6)15(12,13)11-8(5-10)2-3-8/h1,4,11H,2-3,5H2. The van der Waals surface area contributed by atoms with E-state index in [9.17, 15) is 8.42 Å². The molecular weight excluding hydrogens is 322 g/mol. The molecule has 0 aromatic carbocycles. The van der Waals surface area contributed by atoms with E-state index in [1.807, 2.05) is 0 Å². The maximum absolute atomic E-state index is 11.9. The zero-order valence-electron chi connectivity index (χ0n) is 7.66. The second-order valence-corrected chi connectivity index (χ2v) is 7.49. The first-order valence-electron chi connectivity index (χ1n) is 4.32. The van der Waals surface area contributed by atoms with Crippen molar-refractivity contribution in [3.05, 3.63) is 15.9 Å². The van der Waals surface area contributed by atoms with E-state index >= 15 is 0 Å². The Morgan fingerprint density at radius 1 is 1.60 bits per heavy atom. The van der Waals surface area contributed by atoms with Gasteiger partial charge in [0.15, 0.2) is 0 Å². The Labute approximate surface area is 106 Å². The number of alkyl halides is 1. The Morgan fingerprint density at radius 2 is 2.27 bits per heavy atom. The molecule has 0 bridgehead atoms. The Balaban J connectivity index is 2.25. The maximum atomic E-state index is 11.9. The third-order valence-electron chi connectivity index (χ3n) is 2.29. The molecule has 1 aliphatic rings. The van der Waals surface area contributed by atoms with Gasteiger partial charge >= 0.3 is 0 Å². The molecular formula is C8H9BrClNO2S2. The third kappa shape index (κ3) is 2.39. The first-order chi connectivity index (χ1) is 6.99. The number of rotatable bonds is 4. The molecule has 3 nitrogen and oxygen atoms in total. The molecule has 7 heteroatoms. The lowest BCUT2D eigenvalue weighted by atomic mass is 10.4. The van der Waals surface area contributed by atoms with Crippen LogP contribution < -0.4 is 4.72 Å². The molecule has 1 saturated carbocycles. The maximum Gasteiger partial charge on any atom is 0.251 e. The van der Waals surface area contributed by atoms with Gasteiger partial charge in [-0.2, -0.15) is 0 Å². The van der Waals surface area contributed by atoms with E-state index in [0.717, 1.165) is 12.8 Å². The Morgan fingerprint density at radius 3 is 2.67 bits per heavy atom. The average Bonchev–Trinajstić information content (AvgIpc) is 2.78. The van der Waals surface area contributed by atoms with Crippen LogP contribution >= 0.6 is 38.9 Å². The highest BCUT2D eigenvalue weighted by atomic mass is 79.9. The van der Waals surface area contributed by atoms with Gasteiger partial charge in [0.1, 0.15) is 4.21 Å². The third-order valence-corrected chi connectivity index (χ3v) is 7.05. The van der Waals surface area contributed by atoms with Gasteiger partial charge in [-0.25, -0.2) is 13.1 Å². The molecule has 0 unspecified atom stereocenters. The molecule has 1 fully saturated rings. The molecule has 1 aromatic rings. The highest BCUT2D eigenvalue weighted by Crippen LogP contribution is 2.39. The van der Waals surface area contributed by atoms with Crippen LogP contribution in [0.2, 0.25) is 0 Å². The van der Waals surface area contributed by atoms with Gasteiger partial charge < -0.3 is 0 Å². The average molecular weight is 331 g/mol. The van der Waals surface area contributed by atoms with Crippen molar-refractivity contribution in [2.75, 3.05) is 5.88 Å². The SMILES string of the molecule is O=S(=O)(NC1(CCl)CC1)c1sccc1Br. The number of hydrogen-bond donors (Lipinski definition) is 1. The fourth-order valence-electron chi connectivity index (χ4n) is 1.22. The van der Waals surface area contributed by atoms with Gasteiger partial charge in [0.05, 0.1) is 0 Å². The molecule has 0 saturated heterocycles. The largest absolute Gasteiger partial charge is 0.251 e. The van der Waals surface area contributed by atoms with Gasteiger partial charge in [-0.1, -0.05) is 0 Å². The van der Waals surface area contributed by atoms with Crippen molar-refractivity contribution >= 4 is 48.9 Å². The minimum Gasteiger partial charge on any atom is -0.206 e. The Bertz CT molecular complexity index is 467. The molecule has 2 rings (SSSR count). The summed E-state index contributed by atoms with van der Waals surface area (Å²) in [6.45, 7) is 0. The van der Waals surface area contributed by atoms with Crippen LogP contribution in [0.15, 0.2) is 20.1 Å². The first-order valence-corrected chi connectivity index (χ1v) is 8.01.